The number of aromatic nitrogens is 5. The Morgan fingerprint density at radius 2 is 1.96 bits per heavy atom. The number of aryl methyl sites for hydroxylation is 2. The van der Waals surface area contributed by atoms with E-state index in [2.05, 4.69) is 25.0 Å². The lowest BCUT2D eigenvalue weighted by Crippen LogP contribution is -2.14. The molecule has 0 bridgehead atoms. The molecule has 0 aliphatic carbocycles. The quantitative estimate of drug-likeness (QED) is 0.576. The molecule has 0 saturated carbocycles. The summed E-state index contributed by atoms with van der Waals surface area (Å²) >= 11 is 0. The van der Waals surface area contributed by atoms with Crippen LogP contribution in [-0.4, -0.2) is 33.4 Å². The Hall–Kier alpha value is -3.20. The van der Waals surface area contributed by atoms with E-state index in [1.165, 1.54) is 12.3 Å². The fourth-order valence-corrected chi connectivity index (χ4v) is 3.84. The van der Waals surface area contributed by atoms with E-state index < -0.39 is 10.0 Å². The first-order valence-corrected chi connectivity index (χ1v) is 9.34. The van der Waals surface area contributed by atoms with Gasteiger partial charge in [0, 0.05) is 29.9 Å². The third kappa shape index (κ3) is 2.72. The van der Waals surface area contributed by atoms with E-state index in [9.17, 15) is 8.42 Å². The molecule has 0 radical (unpaired) electrons. The van der Waals surface area contributed by atoms with Crippen molar-refractivity contribution in [1.29, 1.82) is 0 Å². The second kappa shape index (κ2) is 5.95. The number of aromatic amines is 1. The number of anilines is 1. The summed E-state index contributed by atoms with van der Waals surface area (Å²) in [6, 6.07) is 8.56. The smallest absolute Gasteiger partial charge is 0.263 e. The van der Waals surface area contributed by atoms with Crippen LogP contribution in [0.3, 0.4) is 0 Å². The minimum Gasteiger partial charge on any atom is -0.282 e. The molecule has 0 aliphatic rings. The van der Waals surface area contributed by atoms with E-state index in [-0.39, 0.29) is 4.90 Å². The molecule has 0 aliphatic heterocycles. The van der Waals surface area contributed by atoms with E-state index in [1.807, 2.05) is 13.0 Å². The molecule has 0 fully saturated rings. The van der Waals surface area contributed by atoms with Crippen molar-refractivity contribution < 1.29 is 8.42 Å². The van der Waals surface area contributed by atoms with Crippen molar-refractivity contribution in [2.75, 3.05) is 4.72 Å². The molecule has 3 aromatic heterocycles. The fourth-order valence-electron chi connectivity index (χ4n) is 2.83. The molecule has 1 aromatic carbocycles. The number of rotatable bonds is 4. The summed E-state index contributed by atoms with van der Waals surface area (Å²) in [6.45, 7) is 1.88. The highest BCUT2D eigenvalue weighted by atomic mass is 32.2. The summed E-state index contributed by atoms with van der Waals surface area (Å²) in [7, 11) is -2.00. The van der Waals surface area contributed by atoms with Crippen LogP contribution in [0.2, 0.25) is 0 Å². The van der Waals surface area contributed by atoms with Crippen LogP contribution in [0.1, 0.15) is 5.69 Å². The number of H-pyrrole nitrogens is 1. The Balaban J connectivity index is 1.68. The lowest BCUT2D eigenvalue weighted by atomic mass is 10.2. The summed E-state index contributed by atoms with van der Waals surface area (Å²) in [5.41, 5.74) is 3.55. The van der Waals surface area contributed by atoms with Crippen LogP contribution in [0, 0.1) is 6.92 Å². The van der Waals surface area contributed by atoms with Crippen LogP contribution < -0.4 is 4.72 Å². The number of sulfonamides is 1. The molecule has 132 valence electrons. The molecule has 26 heavy (non-hydrogen) atoms. The Labute approximate surface area is 149 Å². The van der Waals surface area contributed by atoms with Crippen LogP contribution >= 0.6 is 0 Å². The number of para-hydroxylation sites is 1. The first kappa shape index (κ1) is 16.3. The molecule has 4 rings (SSSR count). The van der Waals surface area contributed by atoms with E-state index in [1.54, 1.807) is 42.3 Å². The van der Waals surface area contributed by atoms with Crippen molar-refractivity contribution in [2.24, 2.45) is 7.05 Å². The number of fused-ring (bicyclic) bond motifs is 1. The molecule has 4 aromatic rings. The molecular weight excluding hydrogens is 352 g/mol. The minimum absolute atomic E-state index is 0.0848. The van der Waals surface area contributed by atoms with Crippen molar-refractivity contribution >= 4 is 26.6 Å². The summed E-state index contributed by atoms with van der Waals surface area (Å²) in [4.78, 5) is 4.35. The predicted molar refractivity (Wildman–Crippen MR) is 98.1 cm³/mol. The second-order valence-corrected chi connectivity index (χ2v) is 7.59. The maximum Gasteiger partial charge on any atom is 0.263 e. The van der Waals surface area contributed by atoms with Crippen LogP contribution in [-0.2, 0) is 17.1 Å². The van der Waals surface area contributed by atoms with Gasteiger partial charge in [0.25, 0.3) is 10.0 Å². The number of hydrogen-bond donors (Lipinski definition) is 2. The van der Waals surface area contributed by atoms with Gasteiger partial charge in [0.15, 0.2) is 0 Å². The zero-order valence-electron chi connectivity index (χ0n) is 14.1. The highest BCUT2D eigenvalue weighted by Gasteiger charge is 2.18. The van der Waals surface area contributed by atoms with E-state index in [0.717, 1.165) is 22.2 Å². The van der Waals surface area contributed by atoms with Gasteiger partial charge in [0.2, 0.25) is 0 Å². The van der Waals surface area contributed by atoms with Gasteiger partial charge in [-0.25, -0.2) is 8.42 Å². The van der Waals surface area contributed by atoms with Crippen molar-refractivity contribution in [1.82, 2.24) is 25.0 Å². The lowest BCUT2D eigenvalue weighted by Gasteiger charge is -2.10. The Kier molecular flexibility index (Phi) is 3.73. The number of nitrogens with one attached hydrogen (secondary N) is 2. The van der Waals surface area contributed by atoms with Crippen molar-refractivity contribution in [3.8, 4) is 11.3 Å². The van der Waals surface area contributed by atoms with Crippen LogP contribution in [0.5, 0.6) is 0 Å². The Bertz CT molecular complexity index is 1190. The average Bonchev–Trinajstić information content (AvgIpc) is 3.21. The van der Waals surface area contributed by atoms with Crippen molar-refractivity contribution in [3.63, 3.8) is 0 Å². The SMILES string of the molecule is Cc1[nH]ncc1-c1ccc(S(=O)(=O)Nc2cccc3cnn(C)c23)cn1. The summed E-state index contributed by atoms with van der Waals surface area (Å²) in [5, 5.41) is 11.8. The minimum atomic E-state index is -3.77. The lowest BCUT2D eigenvalue weighted by molar-refractivity contribution is 0.601. The van der Waals surface area contributed by atoms with Gasteiger partial charge >= 0.3 is 0 Å². The molecule has 9 heteroatoms. The van der Waals surface area contributed by atoms with Crippen molar-refractivity contribution in [3.05, 3.63) is 54.6 Å². The van der Waals surface area contributed by atoms with Crippen LogP contribution in [0.25, 0.3) is 22.2 Å². The maximum atomic E-state index is 12.7. The average molecular weight is 368 g/mol. The number of benzene rings is 1. The first-order chi connectivity index (χ1) is 12.5. The van der Waals surface area contributed by atoms with Gasteiger partial charge in [-0.2, -0.15) is 10.2 Å². The topological polar surface area (TPSA) is 106 Å². The third-order valence-corrected chi connectivity index (χ3v) is 5.51. The first-order valence-electron chi connectivity index (χ1n) is 7.85. The zero-order chi connectivity index (χ0) is 18.3. The maximum absolute atomic E-state index is 12.7. The predicted octanol–water partition coefficient (Wildman–Crippen LogP) is 2.47. The van der Waals surface area contributed by atoms with Gasteiger partial charge in [0.05, 0.1) is 29.3 Å². The summed E-state index contributed by atoms with van der Waals surface area (Å²) < 4.78 is 29.7. The monoisotopic (exact) mass is 368 g/mol. The van der Waals surface area contributed by atoms with Gasteiger partial charge in [-0.1, -0.05) is 12.1 Å². The zero-order valence-corrected chi connectivity index (χ0v) is 14.9. The highest BCUT2D eigenvalue weighted by molar-refractivity contribution is 7.92. The van der Waals surface area contributed by atoms with E-state index in [0.29, 0.717) is 11.4 Å². The highest BCUT2D eigenvalue weighted by Crippen LogP contribution is 2.26. The molecule has 0 atom stereocenters. The third-order valence-electron chi connectivity index (χ3n) is 4.16. The molecule has 2 N–H and O–H groups in total. The molecule has 0 saturated heterocycles. The van der Waals surface area contributed by atoms with Gasteiger partial charge < -0.3 is 0 Å². The Morgan fingerprint density at radius 3 is 2.65 bits per heavy atom. The molecule has 3 heterocycles. The molecule has 0 spiro atoms. The summed E-state index contributed by atoms with van der Waals surface area (Å²) in [6.07, 6.45) is 4.69. The molecular formula is C17H16N6O2S. The van der Waals surface area contributed by atoms with Gasteiger partial charge in [-0.05, 0) is 25.1 Å². The summed E-state index contributed by atoms with van der Waals surface area (Å²) in [5.74, 6) is 0. The number of nitrogens with zero attached hydrogens (tertiary/aromatic N) is 4. The van der Waals surface area contributed by atoms with Crippen molar-refractivity contribution in [2.45, 2.75) is 11.8 Å². The van der Waals surface area contributed by atoms with Crippen LogP contribution in [0.15, 0.2) is 53.8 Å². The largest absolute Gasteiger partial charge is 0.282 e. The Morgan fingerprint density at radius 1 is 1.12 bits per heavy atom. The van der Waals surface area contributed by atoms with Gasteiger partial charge in [-0.15, -0.1) is 0 Å². The normalized spacial score (nSPS) is 11.8. The molecule has 8 nitrogen and oxygen atoms in total. The fraction of sp³-hybridized carbons (Fsp3) is 0.118. The second-order valence-electron chi connectivity index (χ2n) is 5.90. The van der Waals surface area contributed by atoms with Crippen LogP contribution in [0.4, 0.5) is 5.69 Å². The van der Waals surface area contributed by atoms with Gasteiger partial charge in [-0.3, -0.25) is 19.5 Å². The molecule has 0 unspecified atom stereocenters. The van der Waals surface area contributed by atoms with Gasteiger partial charge in [0.1, 0.15) is 4.90 Å². The number of hydrogen-bond acceptors (Lipinski definition) is 5. The number of pyridine rings is 1. The van der Waals surface area contributed by atoms with E-state index >= 15 is 0 Å². The van der Waals surface area contributed by atoms with E-state index in [4.69, 9.17) is 0 Å². The molecule has 0 amide bonds. The standard InChI is InChI=1S/C17H16N6O2S/c1-11-14(10-19-21-11)15-7-6-13(9-18-15)26(24,25)22-16-5-3-4-12-8-20-23(2)17(12)16/h3-10,22H,1-2H3,(H,19,21).